The van der Waals surface area contributed by atoms with Gasteiger partial charge in [0.05, 0.1) is 19.0 Å². The Morgan fingerprint density at radius 3 is 2.11 bits per heavy atom. The number of rotatable bonds is 19. The van der Waals surface area contributed by atoms with Gasteiger partial charge >= 0.3 is 0 Å². The number of hydrogen-bond acceptors (Lipinski definition) is 6. The van der Waals surface area contributed by atoms with E-state index in [2.05, 4.69) is 27.2 Å². The molecule has 1 aliphatic rings. The highest BCUT2D eigenvalue weighted by molar-refractivity contribution is 5.96. The number of fused-ring (bicyclic) bond motifs is 1. The first kappa shape index (κ1) is 28.5. The van der Waals surface area contributed by atoms with E-state index in [1.165, 1.54) is 89.8 Å². The van der Waals surface area contributed by atoms with Gasteiger partial charge in [-0.15, -0.1) is 0 Å². The van der Waals surface area contributed by atoms with Crippen molar-refractivity contribution in [3.8, 4) is 0 Å². The Bertz CT molecular complexity index is 887. The maximum Gasteiger partial charge on any atom is 0.225 e. The van der Waals surface area contributed by atoms with E-state index in [0.29, 0.717) is 23.4 Å². The number of carbonyl (C=O) groups is 1. The monoisotopic (exact) mass is 501 g/mol. The molecule has 0 radical (unpaired) electrons. The predicted molar refractivity (Wildman–Crippen MR) is 144 cm³/mol. The average molecular weight is 502 g/mol. The third-order valence-electron chi connectivity index (χ3n) is 7.22. The van der Waals surface area contributed by atoms with Crippen molar-refractivity contribution in [3.05, 3.63) is 12.7 Å². The Hall–Kier alpha value is -2.06. The standard InChI is InChI=1S/C28H47N5O3/c1-2-3-4-5-6-7-8-9-10-11-12-13-14-15-16-17-24(35)32-27-26-28(30-21-29-27)33(22-31-26)25-19-18-23(20-34)36-25/h21-23,25,34H,2-20H2,1H3,(H,29,30,32,35)/t23-,25+/m0/s1. The van der Waals surface area contributed by atoms with Crippen LogP contribution in [0.25, 0.3) is 11.2 Å². The molecule has 202 valence electrons. The second kappa shape index (κ2) is 16.6. The fraction of sp³-hybridized carbons (Fsp3) is 0.786. The van der Waals surface area contributed by atoms with Crippen LogP contribution in [-0.2, 0) is 9.53 Å². The summed E-state index contributed by atoms with van der Waals surface area (Å²) in [5.41, 5.74) is 1.20. The fourth-order valence-corrected chi connectivity index (χ4v) is 5.03. The van der Waals surface area contributed by atoms with E-state index < -0.39 is 0 Å². The zero-order valence-electron chi connectivity index (χ0n) is 22.3. The molecule has 8 nitrogen and oxygen atoms in total. The van der Waals surface area contributed by atoms with Gasteiger partial charge in [-0.1, -0.05) is 96.8 Å². The maximum atomic E-state index is 12.5. The molecule has 0 aliphatic carbocycles. The van der Waals surface area contributed by atoms with E-state index in [1.54, 1.807) is 6.33 Å². The Morgan fingerprint density at radius 1 is 0.917 bits per heavy atom. The molecular formula is C28H47N5O3. The zero-order chi connectivity index (χ0) is 25.4. The first-order valence-corrected chi connectivity index (χ1v) is 14.5. The predicted octanol–water partition coefficient (Wildman–Crippen LogP) is 6.70. The van der Waals surface area contributed by atoms with Crippen LogP contribution in [0.15, 0.2) is 12.7 Å². The number of hydrogen-bond donors (Lipinski definition) is 2. The minimum atomic E-state index is -0.203. The molecule has 0 bridgehead atoms. The lowest BCUT2D eigenvalue weighted by atomic mass is 10.0. The summed E-state index contributed by atoms with van der Waals surface area (Å²) < 4.78 is 7.70. The largest absolute Gasteiger partial charge is 0.394 e. The Balaban J connectivity index is 1.24. The highest BCUT2D eigenvalue weighted by Crippen LogP contribution is 2.31. The number of imidazole rings is 1. The second-order valence-corrected chi connectivity index (χ2v) is 10.3. The molecule has 0 spiro atoms. The minimum absolute atomic E-state index is 0.0126. The number of anilines is 1. The number of unbranched alkanes of at least 4 members (excludes halogenated alkanes) is 14. The molecule has 0 aromatic carbocycles. The van der Waals surface area contributed by atoms with E-state index in [9.17, 15) is 9.90 Å². The molecule has 1 fully saturated rings. The summed E-state index contributed by atoms with van der Waals surface area (Å²) in [6.07, 6.45) is 24.5. The summed E-state index contributed by atoms with van der Waals surface area (Å²) in [4.78, 5) is 25.5. The van der Waals surface area contributed by atoms with Crippen LogP contribution >= 0.6 is 0 Å². The summed E-state index contributed by atoms with van der Waals surface area (Å²) >= 11 is 0. The molecular weight excluding hydrogens is 454 g/mol. The molecule has 2 N–H and O–H groups in total. The fourth-order valence-electron chi connectivity index (χ4n) is 5.03. The summed E-state index contributed by atoms with van der Waals surface area (Å²) in [7, 11) is 0. The van der Waals surface area contributed by atoms with Gasteiger partial charge in [-0.2, -0.15) is 0 Å². The number of nitrogens with zero attached hydrogens (tertiary/aromatic N) is 4. The van der Waals surface area contributed by atoms with E-state index in [4.69, 9.17) is 4.74 Å². The SMILES string of the molecule is CCCCCCCCCCCCCCCCCC(=O)Nc1ncnc2c1ncn2[C@H]1CC[C@@H](CO)O1. The van der Waals surface area contributed by atoms with E-state index in [0.717, 1.165) is 25.7 Å². The van der Waals surface area contributed by atoms with Crippen molar-refractivity contribution in [2.45, 2.75) is 135 Å². The molecule has 1 saturated heterocycles. The lowest BCUT2D eigenvalue weighted by molar-refractivity contribution is -0.116. The molecule has 2 aromatic heterocycles. The van der Waals surface area contributed by atoms with Crippen molar-refractivity contribution in [2.75, 3.05) is 11.9 Å². The van der Waals surface area contributed by atoms with Crippen molar-refractivity contribution in [2.24, 2.45) is 0 Å². The van der Waals surface area contributed by atoms with Gasteiger partial charge in [0.25, 0.3) is 0 Å². The third-order valence-corrected chi connectivity index (χ3v) is 7.22. The Labute approximate surface area is 216 Å². The van der Waals surface area contributed by atoms with Crippen LogP contribution in [-0.4, -0.2) is 43.2 Å². The van der Waals surface area contributed by atoms with Crippen molar-refractivity contribution >= 4 is 22.9 Å². The van der Waals surface area contributed by atoms with Crippen molar-refractivity contribution < 1.29 is 14.6 Å². The lowest BCUT2D eigenvalue weighted by Crippen LogP contribution is -2.15. The van der Waals surface area contributed by atoms with Gasteiger partial charge in [0.1, 0.15) is 12.6 Å². The molecule has 0 unspecified atom stereocenters. The topological polar surface area (TPSA) is 102 Å². The van der Waals surface area contributed by atoms with E-state index in [-0.39, 0.29) is 24.8 Å². The van der Waals surface area contributed by atoms with Crippen LogP contribution in [0.2, 0.25) is 0 Å². The van der Waals surface area contributed by atoms with Crippen molar-refractivity contribution in [1.82, 2.24) is 19.5 Å². The van der Waals surface area contributed by atoms with Gasteiger partial charge in [0.2, 0.25) is 5.91 Å². The minimum Gasteiger partial charge on any atom is -0.394 e. The summed E-state index contributed by atoms with van der Waals surface area (Å²) in [6.45, 7) is 2.29. The molecule has 8 heteroatoms. The quantitative estimate of drug-likeness (QED) is 0.208. The number of aliphatic hydroxyl groups excluding tert-OH is 1. The van der Waals surface area contributed by atoms with E-state index >= 15 is 0 Å². The summed E-state index contributed by atoms with van der Waals surface area (Å²) in [5.74, 6) is 0.415. The van der Waals surface area contributed by atoms with Gasteiger partial charge in [-0.3, -0.25) is 9.36 Å². The van der Waals surface area contributed by atoms with Crippen LogP contribution in [0.4, 0.5) is 5.82 Å². The van der Waals surface area contributed by atoms with Crippen LogP contribution in [0, 0.1) is 0 Å². The summed E-state index contributed by atoms with van der Waals surface area (Å²) in [5, 5.41) is 12.2. The van der Waals surface area contributed by atoms with Gasteiger partial charge in [-0.05, 0) is 19.3 Å². The molecule has 3 rings (SSSR count). The Kier molecular flexibility index (Phi) is 13.2. The molecule has 0 saturated carbocycles. The van der Waals surface area contributed by atoms with Crippen LogP contribution in [0.5, 0.6) is 0 Å². The number of ether oxygens (including phenoxy) is 1. The number of aliphatic hydroxyl groups is 1. The first-order valence-electron chi connectivity index (χ1n) is 14.5. The smallest absolute Gasteiger partial charge is 0.225 e. The third kappa shape index (κ3) is 9.43. The average Bonchev–Trinajstić information content (AvgIpc) is 3.54. The van der Waals surface area contributed by atoms with Crippen molar-refractivity contribution in [1.29, 1.82) is 0 Å². The van der Waals surface area contributed by atoms with Crippen LogP contribution < -0.4 is 5.32 Å². The van der Waals surface area contributed by atoms with Gasteiger partial charge in [0, 0.05) is 6.42 Å². The number of nitrogens with one attached hydrogen (secondary N) is 1. The molecule has 36 heavy (non-hydrogen) atoms. The van der Waals surface area contributed by atoms with Crippen molar-refractivity contribution in [3.63, 3.8) is 0 Å². The molecule has 2 atom stereocenters. The highest BCUT2D eigenvalue weighted by Gasteiger charge is 2.28. The van der Waals surface area contributed by atoms with Crippen LogP contribution in [0.1, 0.15) is 129 Å². The lowest BCUT2D eigenvalue weighted by Gasteiger charge is -2.13. The summed E-state index contributed by atoms with van der Waals surface area (Å²) in [6, 6.07) is 0. The molecule has 1 amide bonds. The Morgan fingerprint density at radius 2 is 1.53 bits per heavy atom. The maximum absolute atomic E-state index is 12.5. The molecule has 2 aromatic rings. The van der Waals surface area contributed by atoms with Crippen LogP contribution in [0.3, 0.4) is 0 Å². The normalized spacial score (nSPS) is 17.7. The first-order chi connectivity index (χ1) is 17.7. The van der Waals surface area contributed by atoms with Gasteiger partial charge < -0.3 is 15.2 Å². The molecule has 1 aliphatic heterocycles. The highest BCUT2D eigenvalue weighted by atomic mass is 16.5. The van der Waals surface area contributed by atoms with E-state index in [1.807, 2.05) is 4.57 Å². The second-order valence-electron chi connectivity index (χ2n) is 10.3. The molecule has 3 heterocycles. The number of amides is 1. The number of aromatic nitrogens is 4. The van der Waals surface area contributed by atoms with Gasteiger partial charge in [0.15, 0.2) is 17.0 Å². The van der Waals surface area contributed by atoms with Gasteiger partial charge in [-0.25, -0.2) is 15.0 Å². The number of carbonyl (C=O) groups excluding carboxylic acids is 1. The zero-order valence-corrected chi connectivity index (χ0v) is 22.3.